The Balaban J connectivity index is 1.46. The average Bonchev–Trinajstić information content (AvgIpc) is 3.73. The normalized spacial score (nSPS) is 23.5. The Morgan fingerprint density at radius 2 is 1.92 bits per heavy atom. The summed E-state index contributed by atoms with van der Waals surface area (Å²) in [6.45, 7) is 1.07. The average molecular weight is 571 g/mol. The summed E-state index contributed by atoms with van der Waals surface area (Å²) >= 11 is 6.33. The first-order valence-corrected chi connectivity index (χ1v) is 13.7. The van der Waals surface area contributed by atoms with Gasteiger partial charge >= 0.3 is 6.18 Å². The summed E-state index contributed by atoms with van der Waals surface area (Å²) in [5.41, 5.74) is -3.34. The predicted molar refractivity (Wildman–Crippen MR) is 126 cm³/mol. The molecule has 3 aliphatic rings. The van der Waals surface area contributed by atoms with Gasteiger partial charge in [0.2, 0.25) is 11.8 Å². The summed E-state index contributed by atoms with van der Waals surface area (Å²) in [5.74, 6) is -1.65. The molecule has 10 nitrogen and oxygen atoms in total. The van der Waals surface area contributed by atoms with Crippen molar-refractivity contribution in [1.82, 2.24) is 25.0 Å². The van der Waals surface area contributed by atoms with Crippen LogP contribution < -0.4 is 5.32 Å². The van der Waals surface area contributed by atoms with E-state index in [0.29, 0.717) is 29.3 Å². The number of sulfone groups is 1. The third-order valence-corrected chi connectivity index (χ3v) is 10.1. The van der Waals surface area contributed by atoms with Crippen molar-refractivity contribution < 1.29 is 31.2 Å². The number of halogens is 4. The van der Waals surface area contributed by atoms with Crippen molar-refractivity contribution >= 4 is 33.3 Å². The second kappa shape index (κ2) is 8.67. The Bertz CT molecular complexity index is 1480. The van der Waals surface area contributed by atoms with E-state index in [0.717, 1.165) is 0 Å². The molecule has 1 saturated heterocycles. The molecular weight excluding hydrogens is 549 g/mol. The monoisotopic (exact) mass is 570 g/mol. The maximum Gasteiger partial charge on any atom is 0.403 e. The van der Waals surface area contributed by atoms with Crippen molar-refractivity contribution in [2.24, 2.45) is 5.41 Å². The van der Waals surface area contributed by atoms with E-state index >= 15 is 0 Å². The van der Waals surface area contributed by atoms with Crippen LogP contribution in [0.5, 0.6) is 0 Å². The molecule has 1 aliphatic heterocycles. The van der Waals surface area contributed by atoms with Crippen molar-refractivity contribution in [2.75, 3.05) is 6.54 Å². The molecule has 2 amide bonds. The fourth-order valence-electron chi connectivity index (χ4n) is 4.81. The van der Waals surface area contributed by atoms with Crippen LogP contribution in [0, 0.1) is 23.7 Å². The van der Waals surface area contributed by atoms with Crippen molar-refractivity contribution in [1.29, 1.82) is 5.26 Å². The number of carbonyl (C=O) groups excluding carboxylic acids is 2. The van der Waals surface area contributed by atoms with Crippen LogP contribution in [0.25, 0.3) is 5.69 Å². The van der Waals surface area contributed by atoms with E-state index in [-0.39, 0.29) is 9.92 Å². The Kier molecular flexibility index (Phi) is 6.03. The molecule has 15 heteroatoms. The lowest BCUT2D eigenvalue weighted by Crippen LogP contribution is -2.53. The van der Waals surface area contributed by atoms with E-state index < -0.39 is 75.9 Å². The molecule has 1 aromatic carbocycles. The largest absolute Gasteiger partial charge is 0.403 e. The highest BCUT2D eigenvalue weighted by molar-refractivity contribution is 7.92. The first kappa shape index (κ1) is 26.4. The van der Waals surface area contributed by atoms with Crippen LogP contribution >= 0.6 is 11.6 Å². The molecule has 2 aliphatic carbocycles. The van der Waals surface area contributed by atoms with Crippen molar-refractivity contribution in [3.8, 4) is 11.8 Å². The fraction of sp³-hybridized carbons (Fsp3) is 0.522. The Labute approximate surface area is 220 Å². The zero-order valence-corrected chi connectivity index (χ0v) is 21.6. The highest BCUT2D eigenvalue weighted by atomic mass is 35.5. The van der Waals surface area contributed by atoms with E-state index in [4.69, 9.17) is 11.6 Å². The standard InChI is InChI=1S/C23H22ClF3N6O4S/c1-13-29-12-30-33(13)14-2-3-18(16(24)8-14)38(36,37)15-9-17(19(34)31-21(11-28)4-5-21)32(10-15)20(35)22(6-7-22)23(25,26)27/h2-3,8,12,15,17H,4-7,9-10H2,1H3,(H,31,34)/t15?,17-/m0/s1. The predicted octanol–water partition coefficient (Wildman–Crippen LogP) is 2.49. The molecule has 2 heterocycles. The summed E-state index contributed by atoms with van der Waals surface area (Å²) in [7, 11) is -4.29. The van der Waals surface area contributed by atoms with Gasteiger partial charge in [0.05, 0.1) is 26.9 Å². The van der Waals surface area contributed by atoms with Crippen LogP contribution in [-0.4, -0.2) is 69.4 Å². The SMILES string of the molecule is Cc1ncnn1-c1ccc(S(=O)(=O)C2C[C@@H](C(=O)NC3(C#N)CC3)N(C(=O)C3(C(F)(F)F)CC3)C2)c(Cl)c1. The summed E-state index contributed by atoms with van der Waals surface area (Å²) in [6, 6.07) is 4.54. The lowest BCUT2D eigenvalue weighted by Gasteiger charge is -2.29. The molecule has 5 rings (SSSR count). The number of nitrogens with one attached hydrogen (secondary N) is 1. The number of aryl methyl sites for hydroxylation is 1. The second-order valence-electron chi connectivity index (χ2n) is 9.97. The van der Waals surface area contributed by atoms with Gasteiger partial charge in [-0.1, -0.05) is 11.6 Å². The van der Waals surface area contributed by atoms with Gasteiger partial charge in [0.25, 0.3) is 0 Å². The number of carbonyl (C=O) groups is 2. The van der Waals surface area contributed by atoms with E-state index in [9.17, 15) is 36.4 Å². The van der Waals surface area contributed by atoms with Gasteiger partial charge in [-0.15, -0.1) is 0 Å². The molecule has 38 heavy (non-hydrogen) atoms. The lowest BCUT2D eigenvalue weighted by atomic mass is 10.0. The topological polar surface area (TPSA) is 138 Å². The summed E-state index contributed by atoms with van der Waals surface area (Å²) < 4.78 is 69.9. The molecule has 1 unspecified atom stereocenters. The molecule has 2 atom stereocenters. The zero-order valence-electron chi connectivity index (χ0n) is 20.0. The molecule has 0 radical (unpaired) electrons. The molecule has 0 bridgehead atoms. The molecule has 2 saturated carbocycles. The quantitative estimate of drug-likeness (QED) is 0.563. The minimum absolute atomic E-state index is 0.154. The highest BCUT2D eigenvalue weighted by Crippen LogP contribution is 2.59. The minimum Gasteiger partial charge on any atom is -0.336 e. The van der Waals surface area contributed by atoms with E-state index in [2.05, 4.69) is 15.4 Å². The van der Waals surface area contributed by atoms with Gasteiger partial charge in [-0.25, -0.2) is 18.1 Å². The number of alkyl halides is 3. The number of hydrogen-bond donors (Lipinski definition) is 1. The Morgan fingerprint density at radius 1 is 1.24 bits per heavy atom. The van der Waals surface area contributed by atoms with Crippen LogP contribution in [-0.2, 0) is 19.4 Å². The van der Waals surface area contributed by atoms with Crippen molar-refractivity contribution in [3.05, 3.63) is 35.4 Å². The maximum absolute atomic E-state index is 13.8. The molecule has 1 aromatic heterocycles. The number of rotatable bonds is 6. The number of nitrogens with zero attached hydrogens (tertiary/aromatic N) is 5. The number of nitriles is 1. The van der Waals surface area contributed by atoms with Crippen LogP contribution in [0.3, 0.4) is 0 Å². The molecule has 3 fully saturated rings. The first-order valence-electron chi connectivity index (χ1n) is 11.8. The fourth-order valence-corrected chi connectivity index (χ4v) is 7.04. The van der Waals surface area contributed by atoms with Crippen molar-refractivity contribution in [3.63, 3.8) is 0 Å². The summed E-state index contributed by atoms with van der Waals surface area (Å²) in [4.78, 5) is 30.7. The van der Waals surface area contributed by atoms with Gasteiger partial charge < -0.3 is 10.2 Å². The van der Waals surface area contributed by atoms with Crippen LogP contribution in [0.2, 0.25) is 5.02 Å². The number of hydrogen-bond acceptors (Lipinski definition) is 7. The Morgan fingerprint density at radius 3 is 2.42 bits per heavy atom. The van der Waals surface area contributed by atoms with Gasteiger partial charge in [-0.05, 0) is 57.2 Å². The lowest BCUT2D eigenvalue weighted by molar-refractivity contribution is -0.199. The smallest absolute Gasteiger partial charge is 0.336 e. The van der Waals surface area contributed by atoms with Crippen LogP contribution in [0.4, 0.5) is 13.2 Å². The van der Waals surface area contributed by atoms with Gasteiger partial charge in [-0.3, -0.25) is 9.59 Å². The third kappa shape index (κ3) is 4.21. The van der Waals surface area contributed by atoms with E-state index in [1.165, 1.54) is 29.2 Å². The molecule has 0 spiro atoms. The molecule has 2 aromatic rings. The van der Waals surface area contributed by atoms with Crippen LogP contribution in [0.15, 0.2) is 29.4 Å². The highest BCUT2D eigenvalue weighted by Gasteiger charge is 2.70. The molecule has 1 N–H and O–H groups in total. The van der Waals surface area contributed by atoms with Gasteiger partial charge in [-0.2, -0.15) is 23.5 Å². The first-order chi connectivity index (χ1) is 17.7. The van der Waals surface area contributed by atoms with Crippen molar-refractivity contribution in [2.45, 2.75) is 66.9 Å². The summed E-state index contributed by atoms with van der Waals surface area (Å²) in [5, 5.41) is 14.3. The van der Waals surface area contributed by atoms with E-state index in [1.54, 1.807) is 6.92 Å². The third-order valence-electron chi connectivity index (χ3n) is 7.48. The van der Waals surface area contributed by atoms with Gasteiger partial charge in [0, 0.05) is 6.54 Å². The van der Waals surface area contributed by atoms with E-state index in [1.807, 2.05) is 6.07 Å². The summed E-state index contributed by atoms with van der Waals surface area (Å²) in [6.07, 6.45) is -4.12. The zero-order chi connectivity index (χ0) is 27.7. The Hall–Kier alpha value is -3.18. The van der Waals surface area contributed by atoms with Crippen LogP contribution in [0.1, 0.15) is 37.9 Å². The molecular formula is C23H22ClF3N6O4S. The van der Waals surface area contributed by atoms with Gasteiger partial charge in [0.1, 0.15) is 29.1 Å². The molecule has 202 valence electrons. The number of benzene rings is 1. The van der Waals surface area contributed by atoms with Gasteiger partial charge in [0.15, 0.2) is 9.84 Å². The number of likely N-dealkylation sites (tertiary alicyclic amines) is 1. The minimum atomic E-state index is -4.84. The second-order valence-corrected chi connectivity index (χ2v) is 12.6. The maximum atomic E-state index is 13.8. The number of aromatic nitrogens is 3. The number of amides is 2.